The molecule has 0 aliphatic rings. The van der Waals surface area contributed by atoms with E-state index in [9.17, 15) is 0 Å². The fraction of sp³-hybridized carbons (Fsp3) is 0.600. The van der Waals surface area contributed by atoms with Gasteiger partial charge in [-0.2, -0.15) is 0 Å². The summed E-state index contributed by atoms with van der Waals surface area (Å²) in [6.07, 6.45) is 0. The zero-order chi connectivity index (χ0) is 13.2. The lowest BCUT2D eigenvalue weighted by Crippen LogP contribution is -2.27. The molecule has 0 saturated carbocycles. The molecule has 0 bridgehead atoms. The molecule has 1 unspecified atom stereocenters. The number of hydrogen-bond donors (Lipinski definition) is 1. The summed E-state index contributed by atoms with van der Waals surface area (Å²) in [5.74, 6) is 0.404. The normalized spacial score (nSPS) is 12.6. The fourth-order valence-corrected chi connectivity index (χ4v) is 1.91. The van der Waals surface area contributed by atoms with E-state index < -0.39 is 0 Å². The minimum atomic E-state index is 0.404. The second-order valence-electron chi connectivity index (χ2n) is 4.47. The molecule has 0 heterocycles. The van der Waals surface area contributed by atoms with Crippen LogP contribution in [0, 0.1) is 6.92 Å². The Balaban J connectivity index is 2.54. The van der Waals surface area contributed by atoms with Crippen LogP contribution in [0.15, 0.2) is 24.3 Å². The average Bonchev–Trinajstić information content (AvgIpc) is 2.38. The van der Waals surface area contributed by atoms with Crippen LogP contribution in [-0.4, -0.2) is 40.0 Å². The second-order valence-corrected chi connectivity index (χ2v) is 4.47. The Morgan fingerprint density at radius 2 is 2.17 bits per heavy atom. The van der Waals surface area contributed by atoms with Gasteiger partial charge in [0.25, 0.3) is 0 Å². The number of methoxy groups -OCH3 is 1. The van der Waals surface area contributed by atoms with Crippen molar-refractivity contribution < 1.29 is 9.47 Å². The predicted molar refractivity (Wildman–Crippen MR) is 75.2 cm³/mol. The zero-order valence-corrected chi connectivity index (χ0v) is 11.7. The van der Waals surface area contributed by atoms with E-state index in [1.54, 1.807) is 7.11 Å². The van der Waals surface area contributed by atoms with Crippen LogP contribution in [0.5, 0.6) is 0 Å². The highest BCUT2D eigenvalue weighted by Crippen LogP contribution is 2.17. The highest BCUT2D eigenvalue weighted by Gasteiger charge is 2.11. The Hall–Kier alpha value is -0.900. The Morgan fingerprint density at radius 1 is 1.33 bits per heavy atom. The van der Waals surface area contributed by atoms with Crippen molar-refractivity contribution in [3.05, 3.63) is 35.4 Å². The van der Waals surface area contributed by atoms with E-state index in [1.807, 2.05) is 6.92 Å². The maximum Gasteiger partial charge on any atom is 0.0587 e. The maximum absolute atomic E-state index is 5.58. The monoisotopic (exact) mass is 251 g/mol. The third-order valence-corrected chi connectivity index (χ3v) is 2.91. The molecule has 0 radical (unpaired) electrons. The van der Waals surface area contributed by atoms with Crippen LogP contribution in [0.3, 0.4) is 0 Å². The van der Waals surface area contributed by atoms with E-state index in [2.05, 4.69) is 36.5 Å². The van der Waals surface area contributed by atoms with Crippen LogP contribution in [-0.2, 0) is 9.47 Å². The summed E-state index contributed by atoms with van der Waals surface area (Å²) in [7, 11) is 1.72. The molecule has 1 aromatic rings. The first kappa shape index (κ1) is 15.2. The molecule has 0 saturated heterocycles. The van der Waals surface area contributed by atoms with Crippen LogP contribution in [0.25, 0.3) is 0 Å². The smallest absolute Gasteiger partial charge is 0.0587 e. The molecule has 18 heavy (non-hydrogen) atoms. The maximum atomic E-state index is 5.58. The van der Waals surface area contributed by atoms with E-state index in [4.69, 9.17) is 9.47 Å². The van der Waals surface area contributed by atoms with Gasteiger partial charge in [0.1, 0.15) is 0 Å². The Morgan fingerprint density at radius 3 is 2.83 bits per heavy atom. The SMILES string of the molecule is CCOCC(CNCCOC)c1cccc(C)c1. The lowest BCUT2D eigenvalue weighted by atomic mass is 9.98. The van der Waals surface area contributed by atoms with Crippen molar-refractivity contribution in [3.63, 3.8) is 0 Å². The summed E-state index contributed by atoms with van der Waals surface area (Å²) in [5, 5.41) is 3.41. The van der Waals surface area contributed by atoms with Gasteiger partial charge in [0.05, 0.1) is 13.2 Å². The standard InChI is InChI=1S/C15H25NO2/c1-4-18-12-15(11-16-8-9-17-3)14-7-5-6-13(2)10-14/h5-7,10,15-16H,4,8-9,11-12H2,1-3H3. The van der Waals surface area contributed by atoms with E-state index in [0.29, 0.717) is 5.92 Å². The van der Waals surface area contributed by atoms with Crippen LogP contribution in [0.1, 0.15) is 24.0 Å². The summed E-state index contributed by atoms with van der Waals surface area (Å²) >= 11 is 0. The fourth-order valence-electron chi connectivity index (χ4n) is 1.91. The largest absolute Gasteiger partial charge is 0.383 e. The van der Waals surface area contributed by atoms with Crippen molar-refractivity contribution in [2.75, 3.05) is 40.0 Å². The van der Waals surface area contributed by atoms with Gasteiger partial charge < -0.3 is 14.8 Å². The molecule has 1 rings (SSSR count). The number of ether oxygens (including phenoxy) is 2. The number of nitrogens with one attached hydrogen (secondary N) is 1. The van der Waals surface area contributed by atoms with Gasteiger partial charge in [0, 0.05) is 32.7 Å². The molecule has 1 atom stereocenters. The molecule has 3 nitrogen and oxygen atoms in total. The zero-order valence-electron chi connectivity index (χ0n) is 11.7. The molecule has 3 heteroatoms. The predicted octanol–water partition coefficient (Wildman–Crippen LogP) is 2.35. The van der Waals surface area contributed by atoms with Crippen molar-refractivity contribution in [2.45, 2.75) is 19.8 Å². The molecule has 1 N–H and O–H groups in total. The number of hydrogen-bond acceptors (Lipinski definition) is 3. The number of rotatable bonds is 9. The van der Waals surface area contributed by atoms with Gasteiger partial charge in [0.2, 0.25) is 0 Å². The van der Waals surface area contributed by atoms with Crippen LogP contribution < -0.4 is 5.32 Å². The van der Waals surface area contributed by atoms with Crippen molar-refractivity contribution >= 4 is 0 Å². The summed E-state index contributed by atoms with van der Waals surface area (Å²) in [6, 6.07) is 8.65. The lowest BCUT2D eigenvalue weighted by molar-refractivity contribution is 0.130. The highest BCUT2D eigenvalue weighted by atomic mass is 16.5. The molecular weight excluding hydrogens is 226 g/mol. The molecule has 0 aliphatic heterocycles. The van der Waals surface area contributed by atoms with Crippen molar-refractivity contribution in [2.24, 2.45) is 0 Å². The summed E-state index contributed by atoms with van der Waals surface area (Å²) < 4.78 is 10.6. The Kier molecular flexibility index (Phi) is 7.65. The quantitative estimate of drug-likeness (QED) is 0.683. The number of aryl methyl sites for hydroxylation is 1. The van der Waals surface area contributed by atoms with Gasteiger partial charge in [-0.1, -0.05) is 29.8 Å². The molecule has 1 aromatic carbocycles. The van der Waals surface area contributed by atoms with E-state index in [0.717, 1.165) is 32.9 Å². The van der Waals surface area contributed by atoms with E-state index in [-0.39, 0.29) is 0 Å². The molecule has 0 aliphatic carbocycles. The van der Waals surface area contributed by atoms with Gasteiger partial charge in [-0.05, 0) is 19.4 Å². The minimum absolute atomic E-state index is 0.404. The molecule has 0 aromatic heterocycles. The minimum Gasteiger partial charge on any atom is -0.383 e. The topological polar surface area (TPSA) is 30.5 Å². The van der Waals surface area contributed by atoms with Crippen molar-refractivity contribution in [3.8, 4) is 0 Å². The van der Waals surface area contributed by atoms with Gasteiger partial charge >= 0.3 is 0 Å². The summed E-state index contributed by atoms with van der Waals surface area (Å²) in [4.78, 5) is 0. The molecule has 102 valence electrons. The van der Waals surface area contributed by atoms with Crippen molar-refractivity contribution in [1.29, 1.82) is 0 Å². The molecule has 0 amide bonds. The lowest BCUT2D eigenvalue weighted by Gasteiger charge is -2.18. The van der Waals surface area contributed by atoms with Crippen molar-refractivity contribution in [1.82, 2.24) is 5.32 Å². The Labute approximate surface area is 110 Å². The first-order chi connectivity index (χ1) is 8.77. The van der Waals surface area contributed by atoms with E-state index >= 15 is 0 Å². The third-order valence-electron chi connectivity index (χ3n) is 2.91. The van der Waals surface area contributed by atoms with E-state index in [1.165, 1.54) is 11.1 Å². The highest BCUT2D eigenvalue weighted by molar-refractivity contribution is 5.25. The first-order valence-electron chi connectivity index (χ1n) is 6.62. The first-order valence-corrected chi connectivity index (χ1v) is 6.62. The van der Waals surface area contributed by atoms with Crippen LogP contribution >= 0.6 is 0 Å². The van der Waals surface area contributed by atoms with Gasteiger partial charge in [-0.25, -0.2) is 0 Å². The van der Waals surface area contributed by atoms with Crippen LogP contribution in [0.4, 0.5) is 0 Å². The summed E-state index contributed by atoms with van der Waals surface area (Å²) in [6.45, 7) is 8.23. The van der Waals surface area contributed by atoms with Gasteiger partial charge in [-0.3, -0.25) is 0 Å². The Bertz CT molecular complexity index is 328. The summed E-state index contributed by atoms with van der Waals surface area (Å²) in [5.41, 5.74) is 2.64. The second kappa shape index (κ2) is 9.09. The average molecular weight is 251 g/mol. The molecular formula is C15H25NO2. The third kappa shape index (κ3) is 5.63. The molecule has 0 spiro atoms. The van der Waals surface area contributed by atoms with Gasteiger partial charge in [0.15, 0.2) is 0 Å². The molecule has 0 fully saturated rings. The van der Waals surface area contributed by atoms with Crippen LogP contribution in [0.2, 0.25) is 0 Å². The number of benzene rings is 1. The van der Waals surface area contributed by atoms with Gasteiger partial charge in [-0.15, -0.1) is 0 Å².